The second-order valence-electron chi connectivity index (χ2n) is 9.73. The highest BCUT2D eigenvalue weighted by Crippen LogP contribution is 2.26. The molecule has 0 aliphatic carbocycles. The smallest absolute Gasteiger partial charge is 0.270 e. The van der Waals surface area contributed by atoms with E-state index in [1.807, 2.05) is 78.9 Å². The lowest BCUT2D eigenvalue weighted by Crippen LogP contribution is -2.07. The molecule has 2 heterocycles. The number of aromatic nitrogens is 6. The van der Waals surface area contributed by atoms with E-state index in [1.54, 1.807) is 36.7 Å². The highest BCUT2D eigenvalue weighted by molar-refractivity contribution is 7.86. The first-order chi connectivity index (χ1) is 22.4. The van der Waals surface area contributed by atoms with Crippen molar-refractivity contribution in [3.05, 3.63) is 126 Å². The van der Waals surface area contributed by atoms with Crippen molar-refractivity contribution in [1.29, 1.82) is 0 Å². The average molecular weight is 655 g/mol. The van der Waals surface area contributed by atoms with Gasteiger partial charge in [0.05, 0.1) is 30.9 Å². The lowest BCUT2D eigenvalue weighted by Gasteiger charge is -2.10. The maximum Gasteiger partial charge on any atom is 0.297 e. The quantitative estimate of drug-likeness (QED) is 0.0323. The van der Waals surface area contributed by atoms with Crippen LogP contribution in [0.25, 0.3) is 46.0 Å². The number of hydrogen-bond donors (Lipinski definition) is 1. The fourth-order valence-electron chi connectivity index (χ4n) is 4.64. The van der Waals surface area contributed by atoms with Crippen molar-refractivity contribution in [2.24, 2.45) is 0 Å². The van der Waals surface area contributed by atoms with Gasteiger partial charge in [-0.1, -0.05) is 90.0 Å². The highest BCUT2D eigenvalue weighted by atomic mass is 32.2. The average Bonchev–Trinajstić information content (AvgIpc) is 3.80. The van der Waals surface area contributed by atoms with Gasteiger partial charge in [-0.15, -0.1) is 14.5 Å². The first kappa shape index (κ1) is 31.0. The second kappa shape index (κ2) is 14.0. The zero-order valence-electron chi connectivity index (χ0n) is 24.2. The van der Waals surface area contributed by atoms with Crippen molar-refractivity contribution in [2.45, 2.75) is 11.5 Å². The molecule has 46 heavy (non-hydrogen) atoms. The number of thiol groups is 1. The molecule has 0 aliphatic rings. The van der Waals surface area contributed by atoms with Crippen LogP contribution in [0.15, 0.2) is 114 Å². The van der Waals surface area contributed by atoms with Crippen LogP contribution in [0.5, 0.6) is 0 Å². The van der Waals surface area contributed by atoms with Crippen LogP contribution in [0.4, 0.5) is 0 Å². The molecule has 0 fully saturated rings. The predicted octanol–water partition coefficient (Wildman–Crippen LogP) is 5.91. The Morgan fingerprint density at radius 3 is 1.85 bits per heavy atom. The molecule has 2 aromatic heterocycles. The summed E-state index contributed by atoms with van der Waals surface area (Å²) in [6.45, 7) is -0.0300. The standard InChI is InChI=1S/C32H26N6O6S2/c1-41-46(39,40)32-19-29(38-34-21-31(36-38)25-10-6-3-7-11-25)17-15-26(32)13-12-23-14-16-28(18-27(23)22-42-43-44-45)37-33-20-30(35-37)24-8-4-2-5-9-24/h2-21,45H,22H2,1H3/b13-12+. The monoisotopic (exact) mass is 654 g/mol. The minimum absolute atomic E-state index is 0.0300. The molecule has 14 heteroatoms. The van der Waals surface area contributed by atoms with Gasteiger partial charge in [0, 0.05) is 24.0 Å². The lowest BCUT2D eigenvalue weighted by atomic mass is 10.1. The molecule has 0 aliphatic heterocycles. The van der Waals surface area contributed by atoms with Gasteiger partial charge in [-0.2, -0.15) is 28.2 Å². The Labute approximate surface area is 270 Å². The summed E-state index contributed by atoms with van der Waals surface area (Å²) < 4.78 is 35.2. The number of hydrogen-bond acceptors (Lipinski definition) is 11. The zero-order chi connectivity index (χ0) is 31.9. The lowest BCUT2D eigenvalue weighted by molar-refractivity contribution is -0.465. The summed E-state index contributed by atoms with van der Waals surface area (Å²) in [7, 11) is -3.00. The van der Waals surface area contributed by atoms with Crippen LogP contribution in [-0.2, 0) is 35.2 Å². The molecule has 4 aromatic carbocycles. The third-order valence-corrected chi connectivity index (χ3v) is 8.32. The van der Waals surface area contributed by atoms with Gasteiger partial charge in [-0.3, -0.25) is 4.18 Å². The summed E-state index contributed by atoms with van der Waals surface area (Å²) >= 11 is 3.53. The summed E-state index contributed by atoms with van der Waals surface area (Å²) in [6, 6.07) is 29.6. The summed E-state index contributed by atoms with van der Waals surface area (Å²) in [5.74, 6) is 0. The predicted molar refractivity (Wildman–Crippen MR) is 173 cm³/mol. The van der Waals surface area contributed by atoms with E-state index < -0.39 is 10.1 Å². The third-order valence-electron chi connectivity index (χ3n) is 6.93. The van der Waals surface area contributed by atoms with Crippen LogP contribution < -0.4 is 0 Å². The fourth-order valence-corrected chi connectivity index (χ4v) is 5.55. The molecule has 0 radical (unpaired) electrons. The number of benzene rings is 4. The molecular formula is C32H26N6O6S2. The summed E-state index contributed by atoms with van der Waals surface area (Å²) in [4.78, 5) is 7.92. The Bertz CT molecular complexity index is 2080. The SMILES string of the molecule is COS(=O)(=O)c1cc(-n2ncc(-c3ccccc3)n2)ccc1/C=C/c1ccc(-n2ncc(-c3ccccc3)n2)cc1COOOS. The van der Waals surface area contributed by atoms with E-state index in [1.165, 1.54) is 15.7 Å². The molecule has 6 aromatic rings. The molecule has 6 rings (SSSR count). The van der Waals surface area contributed by atoms with Gasteiger partial charge >= 0.3 is 0 Å². The van der Waals surface area contributed by atoms with Gasteiger partial charge in [-0.05, 0) is 41.0 Å². The Kier molecular flexibility index (Phi) is 9.44. The second-order valence-corrected chi connectivity index (χ2v) is 11.6. The fraction of sp³-hybridized carbons (Fsp3) is 0.0625. The van der Waals surface area contributed by atoms with Crippen molar-refractivity contribution in [3.63, 3.8) is 0 Å². The summed E-state index contributed by atoms with van der Waals surface area (Å²) in [6.07, 6.45) is 6.71. The maximum absolute atomic E-state index is 13.0. The van der Waals surface area contributed by atoms with Gasteiger partial charge < -0.3 is 0 Å². The summed E-state index contributed by atoms with van der Waals surface area (Å²) in [5, 5.41) is 22.4. The molecular weight excluding hydrogens is 629 g/mol. The maximum atomic E-state index is 13.0. The topological polar surface area (TPSA) is 132 Å². The van der Waals surface area contributed by atoms with Gasteiger partial charge in [-0.25, -0.2) is 4.89 Å². The molecule has 0 saturated carbocycles. The van der Waals surface area contributed by atoms with E-state index in [0.717, 1.165) is 18.2 Å². The number of rotatable bonds is 12. The van der Waals surface area contributed by atoms with Gasteiger partial charge in [0.25, 0.3) is 10.1 Å². The normalized spacial score (nSPS) is 11.8. The Morgan fingerprint density at radius 2 is 1.28 bits per heavy atom. The Balaban J connectivity index is 1.32. The van der Waals surface area contributed by atoms with Crippen LogP contribution in [0.2, 0.25) is 0 Å². The Hall–Kier alpha value is -4.96. The van der Waals surface area contributed by atoms with Crippen molar-refractivity contribution in [2.75, 3.05) is 7.11 Å². The van der Waals surface area contributed by atoms with Crippen molar-refractivity contribution in [3.8, 4) is 33.9 Å². The van der Waals surface area contributed by atoms with Crippen LogP contribution in [0.1, 0.15) is 16.7 Å². The molecule has 232 valence electrons. The van der Waals surface area contributed by atoms with E-state index in [-0.39, 0.29) is 11.5 Å². The zero-order valence-corrected chi connectivity index (χ0v) is 26.0. The van der Waals surface area contributed by atoms with E-state index in [2.05, 4.69) is 42.7 Å². The van der Waals surface area contributed by atoms with E-state index in [4.69, 9.17) is 9.07 Å². The Morgan fingerprint density at radius 1 is 0.739 bits per heavy atom. The van der Waals surface area contributed by atoms with Gasteiger partial charge in [0.2, 0.25) is 0 Å². The van der Waals surface area contributed by atoms with E-state index >= 15 is 0 Å². The van der Waals surface area contributed by atoms with Crippen molar-refractivity contribution in [1.82, 2.24) is 30.0 Å². The summed E-state index contributed by atoms with van der Waals surface area (Å²) in [5.41, 5.74) is 6.04. The molecule has 0 spiro atoms. The minimum atomic E-state index is -4.11. The molecule has 0 amide bonds. The molecule has 0 unspecified atom stereocenters. The van der Waals surface area contributed by atoms with E-state index in [0.29, 0.717) is 39.5 Å². The first-order valence-corrected chi connectivity index (χ1v) is 15.5. The molecule has 12 nitrogen and oxygen atoms in total. The minimum Gasteiger partial charge on any atom is -0.270 e. The van der Waals surface area contributed by atoms with Crippen LogP contribution >= 0.6 is 12.9 Å². The van der Waals surface area contributed by atoms with Gasteiger partial charge in [0.15, 0.2) is 0 Å². The number of nitrogens with zero attached hydrogens (tertiary/aromatic N) is 6. The molecule has 0 bridgehead atoms. The van der Waals surface area contributed by atoms with Crippen molar-refractivity contribution >= 4 is 35.2 Å². The molecule has 0 N–H and O–H groups in total. The third kappa shape index (κ3) is 6.97. The van der Waals surface area contributed by atoms with Crippen LogP contribution in [-0.4, -0.2) is 45.5 Å². The van der Waals surface area contributed by atoms with E-state index in [9.17, 15) is 8.42 Å². The molecule has 0 atom stereocenters. The van der Waals surface area contributed by atoms with Crippen LogP contribution in [0, 0.1) is 0 Å². The molecule has 0 saturated heterocycles. The van der Waals surface area contributed by atoms with Crippen LogP contribution in [0.3, 0.4) is 0 Å². The first-order valence-electron chi connectivity index (χ1n) is 13.8. The highest BCUT2D eigenvalue weighted by Gasteiger charge is 2.19. The van der Waals surface area contributed by atoms with Gasteiger partial charge in [0.1, 0.15) is 22.9 Å². The van der Waals surface area contributed by atoms with Crippen molar-refractivity contribution < 1.29 is 26.9 Å². The largest absolute Gasteiger partial charge is 0.297 e.